The summed E-state index contributed by atoms with van der Waals surface area (Å²) >= 11 is 3.13. The van der Waals surface area contributed by atoms with Gasteiger partial charge in [0.1, 0.15) is 11.2 Å². The number of nitrogens with two attached hydrogens (primary N) is 1. The van der Waals surface area contributed by atoms with Crippen LogP contribution in [0.1, 0.15) is 29.8 Å². The molecule has 0 spiro atoms. The standard InChI is InChI=1S/C16H18F3IN6O2S/c1-8(5-20)26-12(27)11-9(2)10(6-25-14(21)22-7-23-25)29-13(11)24(15(26)28)4-3-16(17,18)19/h7-8H,3-6H2,1-2H3,(H2,21,22,23). The highest BCUT2D eigenvalue weighted by Gasteiger charge is 2.29. The van der Waals surface area contributed by atoms with Gasteiger partial charge in [-0.3, -0.25) is 13.9 Å². The minimum Gasteiger partial charge on any atom is -0.368 e. The van der Waals surface area contributed by atoms with Gasteiger partial charge in [0.2, 0.25) is 5.95 Å². The van der Waals surface area contributed by atoms with Crippen LogP contribution in [0, 0.1) is 6.92 Å². The Hall–Kier alpha value is -1.90. The van der Waals surface area contributed by atoms with Crippen molar-refractivity contribution in [3.8, 4) is 0 Å². The van der Waals surface area contributed by atoms with E-state index in [1.54, 1.807) is 13.8 Å². The fourth-order valence-corrected chi connectivity index (χ4v) is 4.68. The van der Waals surface area contributed by atoms with Crippen LogP contribution in [0.2, 0.25) is 0 Å². The molecule has 1 unspecified atom stereocenters. The first-order chi connectivity index (χ1) is 13.5. The molecule has 1 atom stereocenters. The first kappa shape index (κ1) is 21.8. The van der Waals surface area contributed by atoms with Crippen molar-refractivity contribution in [3.05, 3.63) is 37.6 Å². The minimum atomic E-state index is -4.42. The van der Waals surface area contributed by atoms with Gasteiger partial charge in [0.25, 0.3) is 5.56 Å². The van der Waals surface area contributed by atoms with E-state index in [0.29, 0.717) is 14.9 Å². The quantitative estimate of drug-likeness (QED) is 0.382. The van der Waals surface area contributed by atoms with Crippen molar-refractivity contribution in [1.82, 2.24) is 23.9 Å². The second-order valence-corrected chi connectivity index (χ2v) is 8.55. The Kier molecular flexibility index (Phi) is 6.08. The molecule has 0 bridgehead atoms. The average molecular weight is 542 g/mol. The molecular formula is C16H18F3IN6O2S. The van der Waals surface area contributed by atoms with Crippen LogP contribution in [0.15, 0.2) is 15.9 Å². The van der Waals surface area contributed by atoms with Crippen LogP contribution < -0.4 is 17.0 Å². The second kappa shape index (κ2) is 8.08. The summed E-state index contributed by atoms with van der Waals surface area (Å²) in [7, 11) is 0. The Morgan fingerprint density at radius 3 is 2.59 bits per heavy atom. The van der Waals surface area contributed by atoms with Crippen molar-refractivity contribution in [1.29, 1.82) is 0 Å². The van der Waals surface area contributed by atoms with E-state index in [2.05, 4.69) is 10.1 Å². The number of alkyl halides is 4. The highest BCUT2D eigenvalue weighted by molar-refractivity contribution is 14.1. The first-order valence-corrected chi connectivity index (χ1v) is 10.9. The molecule has 13 heteroatoms. The van der Waals surface area contributed by atoms with Gasteiger partial charge in [-0.15, -0.1) is 11.3 Å². The van der Waals surface area contributed by atoms with Gasteiger partial charge in [-0.25, -0.2) is 14.5 Å². The van der Waals surface area contributed by atoms with Gasteiger partial charge in [-0.05, 0) is 19.4 Å². The number of rotatable bonds is 6. The number of aromatic nitrogens is 5. The lowest BCUT2D eigenvalue weighted by Crippen LogP contribution is -2.42. The van der Waals surface area contributed by atoms with Gasteiger partial charge in [0.05, 0.1) is 18.4 Å². The van der Waals surface area contributed by atoms with Gasteiger partial charge in [0, 0.05) is 21.9 Å². The van der Waals surface area contributed by atoms with E-state index in [1.165, 1.54) is 11.0 Å². The molecule has 0 aliphatic carbocycles. The molecule has 3 aromatic heterocycles. The molecule has 0 radical (unpaired) electrons. The molecular weight excluding hydrogens is 524 g/mol. The van der Waals surface area contributed by atoms with Crippen molar-refractivity contribution in [2.24, 2.45) is 0 Å². The number of hydrogen-bond donors (Lipinski definition) is 1. The number of fused-ring (bicyclic) bond motifs is 1. The zero-order valence-electron chi connectivity index (χ0n) is 15.5. The van der Waals surface area contributed by atoms with Crippen molar-refractivity contribution < 1.29 is 13.2 Å². The first-order valence-electron chi connectivity index (χ1n) is 8.58. The van der Waals surface area contributed by atoms with E-state index in [-0.39, 0.29) is 22.7 Å². The molecule has 0 aliphatic rings. The van der Waals surface area contributed by atoms with Crippen molar-refractivity contribution in [3.63, 3.8) is 0 Å². The van der Waals surface area contributed by atoms with E-state index in [1.807, 2.05) is 22.6 Å². The average Bonchev–Trinajstić information content (AvgIpc) is 3.18. The highest BCUT2D eigenvalue weighted by Crippen LogP contribution is 2.30. The zero-order chi connectivity index (χ0) is 21.5. The number of nitrogen functional groups attached to an aromatic ring is 1. The normalized spacial score (nSPS) is 13.3. The molecule has 0 aromatic carbocycles. The Balaban J connectivity index is 2.25. The van der Waals surface area contributed by atoms with Gasteiger partial charge in [-0.1, -0.05) is 22.6 Å². The number of nitrogens with zero attached hydrogens (tertiary/aromatic N) is 5. The lowest BCUT2D eigenvalue weighted by molar-refractivity contribution is -0.136. The van der Waals surface area contributed by atoms with Crippen LogP contribution in [0.5, 0.6) is 0 Å². The number of hydrogen-bond acceptors (Lipinski definition) is 6. The van der Waals surface area contributed by atoms with E-state index in [9.17, 15) is 22.8 Å². The molecule has 0 fully saturated rings. The summed E-state index contributed by atoms with van der Waals surface area (Å²) in [6.07, 6.45) is -4.31. The molecule has 29 heavy (non-hydrogen) atoms. The Morgan fingerprint density at radius 1 is 1.34 bits per heavy atom. The molecule has 3 aromatic rings. The van der Waals surface area contributed by atoms with Crippen LogP contribution in [-0.4, -0.2) is 34.5 Å². The molecule has 0 saturated carbocycles. The maximum absolute atomic E-state index is 13.1. The van der Waals surface area contributed by atoms with Crippen molar-refractivity contribution in [2.45, 2.75) is 45.6 Å². The lowest BCUT2D eigenvalue weighted by atomic mass is 10.2. The number of thiophene rings is 1. The van der Waals surface area contributed by atoms with Crippen LogP contribution in [-0.2, 0) is 13.1 Å². The summed E-state index contributed by atoms with van der Waals surface area (Å²) in [4.78, 5) is 30.7. The summed E-state index contributed by atoms with van der Waals surface area (Å²) in [5.74, 6) is 0.173. The Bertz CT molecular complexity index is 1160. The number of anilines is 1. The maximum Gasteiger partial charge on any atom is 0.390 e. The van der Waals surface area contributed by atoms with Gasteiger partial charge in [0.15, 0.2) is 0 Å². The van der Waals surface area contributed by atoms with E-state index >= 15 is 0 Å². The largest absolute Gasteiger partial charge is 0.390 e. The molecule has 3 heterocycles. The second-order valence-electron chi connectivity index (χ2n) is 6.58. The number of aryl methyl sites for hydroxylation is 2. The topological polar surface area (TPSA) is 101 Å². The molecule has 0 saturated heterocycles. The molecule has 3 rings (SSSR count). The Labute approximate surface area is 180 Å². The van der Waals surface area contributed by atoms with E-state index < -0.39 is 36.4 Å². The predicted molar refractivity (Wildman–Crippen MR) is 113 cm³/mol. The summed E-state index contributed by atoms with van der Waals surface area (Å²) in [6.45, 7) is 3.04. The summed E-state index contributed by atoms with van der Waals surface area (Å²) in [6, 6.07) is -0.453. The van der Waals surface area contributed by atoms with E-state index in [0.717, 1.165) is 20.5 Å². The SMILES string of the molecule is Cc1c(Cn2ncnc2N)sc2c1c(=O)n(C(C)CI)c(=O)n2CCC(F)(F)F. The predicted octanol–water partition coefficient (Wildman–Crippen LogP) is 2.70. The third-order valence-corrected chi connectivity index (χ3v) is 7.14. The lowest BCUT2D eigenvalue weighted by Gasteiger charge is -2.16. The minimum absolute atomic E-state index is 0.173. The van der Waals surface area contributed by atoms with Gasteiger partial charge < -0.3 is 5.73 Å². The van der Waals surface area contributed by atoms with Crippen molar-refractivity contribution in [2.75, 3.05) is 10.2 Å². The smallest absolute Gasteiger partial charge is 0.368 e. The van der Waals surface area contributed by atoms with Gasteiger partial charge in [-0.2, -0.15) is 18.3 Å². The van der Waals surface area contributed by atoms with Crippen LogP contribution >= 0.6 is 33.9 Å². The molecule has 0 amide bonds. The monoisotopic (exact) mass is 542 g/mol. The van der Waals surface area contributed by atoms with Gasteiger partial charge >= 0.3 is 11.9 Å². The van der Waals surface area contributed by atoms with Crippen molar-refractivity contribution >= 4 is 50.1 Å². The Morgan fingerprint density at radius 2 is 2.03 bits per heavy atom. The maximum atomic E-state index is 13.1. The summed E-state index contributed by atoms with van der Waals surface area (Å²) < 4.78 is 42.5. The fourth-order valence-electron chi connectivity index (χ4n) is 2.99. The molecule has 0 aliphatic heterocycles. The fraction of sp³-hybridized carbons (Fsp3) is 0.500. The molecule has 8 nitrogen and oxygen atoms in total. The summed E-state index contributed by atoms with van der Waals surface area (Å²) in [5.41, 5.74) is 5.11. The summed E-state index contributed by atoms with van der Waals surface area (Å²) in [5, 5.41) is 4.25. The van der Waals surface area contributed by atoms with Crippen LogP contribution in [0.4, 0.5) is 19.1 Å². The highest BCUT2D eigenvalue weighted by atomic mass is 127. The van der Waals surface area contributed by atoms with Crippen LogP contribution in [0.25, 0.3) is 10.2 Å². The zero-order valence-corrected chi connectivity index (χ0v) is 18.5. The third-order valence-electron chi connectivity index (χ3n) is 4.56. The van der Waals surface area contributed by atoms with Crippen LogP contribution in [0.3, 0.4) is 0 Å². The third kappa shape index (κ3) is 4.20. The molecule has 2 N–H and O–H groups in total. The molecule has 158 valence electrons. The number of halogens is 4. The van der Waals surface area contributed by atoms with E-state index in [4.69, 9.17) is 5.73 Å².